The van der Waals surface area contributed by atoms with E-state index in [0.717, 1.165) is 17.4 Å². The number of hydrogen-bond acceptors (Lipinski definition) is 1. The predicted molar refractivity (Wildman–Crippen MR) is 81.8 cm³/mol. The monoisotopic (exact) mass is 340 g/mol. The lowest BCUT2D eigenvalue weighted by molar-refractivity contribution is 0.101. The summed E-state index contributed by atoms with van der Waals surface area (Å²) in [6.45, 7) is 2.91. The van der Waals surface area contributed by atoms with E-state index in [4.69, 9.17) is 11.6 Å². The van der Waals surface area contributed by atoms with Crippen molar-refractivity contribution in [2.24, 2.45) is 0 Å². The number of aromatic nitrogens is 1. The molecule has 5 heteroatoms. The number of amides is 1. The fourth-order valence-corrected chi connectivity index (χ4v) is 2.62. The number of halogens is 2. The molecule has 0 fully saturated rings. The largest absolute Gasteiger partial charge is 0.344 e. The Labute approximate surface area is 125 Å². The van der Waals surface area contributed by atoms with Crippen LogP contribution in [-0.4, -0.2) is 10.5 Å². The normalized spacial score (nSPS) is 10.5. The highest BCUT2D eigenvalue weighted by atomic mass is 79.9. The molecule has 19 heavy (non-hydrogen) atoms. The van der Waals surface area contributed by atoms with Crippen molar-refractivity contribution in [3.63, 3.8) is 0 Å². The minimum atomic E-state index is -0.124. The molecule has 1 heterocycles. The van der Waals surface area contributed by atoms with Gasteiger partial charge in [-0.15, -0.1) is 0 Å². The second kappa shape index (κ2) is 6.26. The van der Waals surface area contributed by atoms with Crippen molar-refractivity contribution in [3.05, 3.63) is 51.7 Å². The van der Waals surface area contributed by atoms with E-state index in [-0.39, 0.29) is 5.91 Å². The van der Waals surface area contributed by atoms with Crippen LogP contribution in [-0.2, 0) is 6.54 Å². The summed E-state index contributed by atoms with van der Waals surface area (Å²) in [4.78, 5) is 12.2. The molecule has 0 aliphatic heterocycles. The van der Waals surface area contributed by atoms with Crippen molar-refractivity contribution in [1.29, 1.82) is 0 Å². The Morgan fingerprint density at radius 2 is 2.21 bits per heavy atom. The third kappa shape index (κ3) is 3.39. The highest BCUT2D eigenvalue weighted by Gasteiger charge is 2.12. The maximum Gasteiger partial charge on any atom is 0.272 e. The smallest absolute Gasteiger partial charge is 0.272 e. The lowest BCUT2D eigenvalue weighted by Crippen LogP contribution is -2.17. The summed E-state index contributed by atoms with van der Waals surface area (Å²) in [5.74, 6) is -0.124. The Hall–Kier alpha value is -1.26. The molecule has 100 valence electrons. The molecule has 0 radical (unpaired) electrons. The van der Waals surface area contributed by atoms with Gasteiger partial charge in [0.2, 0.25) is 0 Å². The van der Waals surface area contributed by atoms with E-state index in [1.807, 2.05) is 22.9 Å². The first-order valence-corrected chi connectivity index (χ1v) is 7.20. The van der Waals surface area contributed by atoms with Crippen LogP contribution in [0.3, 0.4) is 0 Å². The first kappa shape index (κ1) is 14.2. The van der Waals surface area contributed by atoms with Gasteiger partial charge in [0.1, 0.15) is 5.69 Å². The number of nitrogens with zero attached hydrogens (tertiary/aromatic N) is 1. The van der Waals surface area contributed by atoms with Crippen LogP contribution in [0.25, 0.3) is 0 Å². The maximum absolute atomic E-state index is 12.2. The summed E-state index contributed by atoms with van der Waals surface area (Å²) in [6, 6.07) is 8.96. The van der Waals surface area contributed by atoms with Crippen LogP contribution in [0.15, 0.2) is 41.0 Å². The quantitative estimate of drug-likeness (QED) is 0.868. The maximum atomic E-state index is 12.2. The lowest BCUT2D eigenvalue weighted by Gasteiger charge is -2.10. The van der Waals surface area contributed by atoms with Gasteiger partial charge in [0.15, 0.2) is 0 Å². The molecule has 0 aliphatic carbocycles. The van der Waals surface area contributed by atoms with Crippen molar-refractivity contribution in [2.45, 2.75) is 19.9 Å². The molecule has 1 aromatic heterocycles. The van der Waals surface area contributed by atoms with Gasteiger partial charge in [-0.05, 0) is 52.7 Å². The van der Waals surface area contributed by atoms with Gasteiger partial charge in [0.25, 0.3) is 5.91 Å². The molecule has 0 saturated carbocycles. The van der Waals surface area contributed by atoms with Crippen LogP contribution >= 0.6 is 27.5 Å². The SMILES string of the molecule is CCCn1cccc1C(=O)Nc1ccc(Cl)cc1Br. The van der Waals surface area contributed by atoms with Crippen LogP contribution in [0.2, 0.25) is 5.02 Å². The lowest BCUT2D eigenvalue weighted by atomic mass is 10.3. The molecule has 1 amide bonds. The van der Waals surface area contributed by atoms with Gasteiger partial charge in [-0.25, -0.2) is 0 Å². The molecule has 0 atom stereocenters. The zero-order valence-corrected chi connectivity index (χ0v) is 12.8. The number of hydrogen-bond donors (Lipinski definition) is 1. The summed E-state index contributed by atoms with van der Waals surface area (Å²) in [6.07, 6.45) is 2.90. The van der Waals surface area contributed by atoms with Crippen LogP contribution in [0.4, 0.5) is 5.69 Å². The Bertz CT molecular complexity index is 595. The van der Waals surface area contributed by atoms with Gasteiger partial charge in [-0.3, -0.25) is 4.79 Å². The first-order chi connectivity index (χ1) is 9.11. The summed E-state index contributed by atoms with van der Waals surface area (Å²) in [7, 11) is 0. The molecule has 1 N–H and O–H groups in total. The fraction of sp³-hybridized carbons (Fsp3) is 0.214. The van der Waals surface area contributed by atoms with E-state index in [1.54, 1.807) is 18.2 Å². The minimum absolute atomic E-state index is 0.124. The van der Waals surface area contributed by atoms with E-state index in [2.05, 4.69) is 28.2 Å². The molecule has 1 aromatic carbocycles. The molecule has 2 rings (SSSR count). The van der Waals surface area contributed by atoms with E-state index in [0.29, 0.717) is 16.4 Å². The Kier molecular flexibility index (Phi) is 4.66. The molecule has 0 aliphatic rings. The van der Waals surface area contributed by atoms with Crippen molar-refractivity contribution in [1.82, 2.24) is 4.57 Å². The number of aryl methyl sites for hydroxylation is 1. The van der Waals surface area contributed by atoms with Crippen molar-refractivity contribution < 1.29 is 4.79 Å². The second-order valence-corrected chi connectivity index (χ2v) is 5.46. The predicted octanol–water partition coefficient (Wildman–Crippen LogP) is 4.57. The van der Waals surface area contributed by atoms with Crippen LogP contribution in [0.1, 0.15) is 23.8 Å². The number of rotatable bonds is 4. The topological polar surface area (TPSA) is 34.0 Å². The average molecular weight is 342 g/mol. The number of benzene rings is 1. The average Bonchev–Trinajstić information content (AvgIpc) is 2.81. The highest BCUT2D eigenvalue weighted by molar-refractivity contribution is 9.10. The molecule has 0 spiro atoms. The van der Waals surface area contributed by atoms with Gasteiger partial charge in [-0.1, -0.05) is 18.5 Å². The fourth-order valence-electron chi connectivity index (χ4n) is 1.83. The molecule has 3 nitrogen and oxygen atoms in total. The summed E-state index contributed by atoms with van der Waals surface area (Å²) < 4.78 is 2.71. The van der Waals surface area contributed by atoms with E-state index in [1.165, 1.54) is 0 Å². The van der Waals surface area contributed by atoms with Crippen LogP contribution < -0.4 is 5.32 Å². The van der Waals surface area contributed by atoms with Crippen molar-refractivity contribution in [3.8, 4) is 0 Å². The minimum Gasteiger partial charge on any atom is -0.344 e. The second-order valence-electron chi connectivity index (χ2n) is 4.17. The molecular formula is C14H14BrClN2O. The summed E-state index contributed by atoms with van der Waals surface area (Å²) in [5, 5.41) is 3.50. The Morgan fingerprint density at radius 1 is 1.42 bits per heavy atom. The molecule has 2 aromatic rings. The zero-order chi connectivity index (χ0) is 13.8. The third-order valence-electron chi connectivity index (χ3n) is 2.71. The zero-order valence-electron chi connectivity index (χ0n) is 10.5. The van der Waals surface area contributed by atoms with Gasteiger partial charge in [-0.2, -0.15) is 0 Å². The number of nitrogens with one attached hydrogen (secondary N) is 1. The van der Waals surface area contributed by atoms with E-state index in [9.17, 15) is 4.79 Å². The first-order valence-electron chi connectivity index (χ1n) is 6.03. The van der Waals surface area contributed by atoms with Gasteiger partial charge >= 0.3 is 0 Å². The highest BCUT2D eigenvalue weighted by Crippen LogP contribution is 2.26. The van der Waals surface area contributed by atoms with Gasteiger partial charge < -0.3 is 9.88 Å². The van der Waals surface area contributed by atoms with Gasteiger partial charge in [0.05, 0.1) is 5.69 Å². The summed E-state index contributed by atoms with van der Waals surface area (Å²) in [5.41, 5.74) is 1.36. The standard InChI is InChI=1S/C14H14BrClN2O/c1-2-7-18-8-3-4-13(18)14(19)17-12-6-5-10(16)9-11(12)15/h3-6,8-9H,2,7H2,1H3,(H,17,19). The number of carbonyl (C=O) groups is 1. The summed E-state index contributed by atoms with van der Waals surface area (Å²) >= 11 is 9.25. The number of anilines is 1. The van der Waals surface area contributed by atoms with E-state index >= 15 is 0 Å². The van der Waals surface area contributed by atoms with Crippen LogP contribution in [0.5, 0.6) is 0 Å². The number of carbonyl (C=O) groups excluding carboxylic acids is 1. The molecular weight excluding hydrogens is 328 g/mol. The van der Waals surface area contributed by atoms with Gasteiger partial charge in [0, 0.05) is 22.2 Å². The van der Waals surface area contributed by atoms with Crippen molar-refractivity contribution >= 4 is 39.1 Å². The van der Waals surface area contributed by atoms with Crippen LogP contribution in [0, 0.1) is 0 Å². The molecule has 0 bridgehead atoms. The third-order valence-corrected chi connectivity index (χ3v) is 3.60. The Morgan fingerprint density at radius 3 is 2.89 bits per heavy atom. The van der Waals surface area contributed by atoms with Crippen molar-refractivity contribution in [2.75, 3.05) is 5.32 Å². The molecule has 0 unspecified atom stereocenters. The molecule has 0 saturated heterocycles. The van der Waals surface area contributed by atoms with E-state index < -0.39 is 0 Å². The Balaban J connectivity index is 2.18.